The van der Waals surface area contributed by atoms with Crippen LogP contribution in [0.5, 0.6) is 11.5 Å². The monoisotopic (exact) mass is 304 g/mol. The highest BCUT2D eigenvalue weighted by Gasteiger charge is 2.22. The second-order valence-electron chi connectivity index (χ2n) is 5.83. The van der Waals surface area contributed by atoms with Crippen molar-refractivity contribution in [2.45, 2.75) is 19.3 Å². The molecule has 23 heavy (non-hydrogen) atoms. The zero-order chi connectivity index (χ0) is 16.7. The number of rotatable bonds is 2. The Morgan fingerprint density at radius 1 is 0.522 bits per heavy atom. The molecule has 0 aliphatic carbocycles. The molecule has 0 aromatic heterocycles. The molecule has 3 rings (SSSR count). The minimum Gasteiger partial charge on any atom is -0.290 e. The van der Waals surface area contributed by atoms with Crippen molar-refractivity contribution in [2.24, 2.45) is 0 Å². The molecule has 116 valence electrons. The highest BCUT2D eigenvalue weighted by atomic mass is 16.3. The summed E-state index contributed by atoms with van der Waals surface area (Å²) in [7, 11) is 0. The summed E-state index contributed by atoms with van der Waals surface area (Å²) in [6, 6.07) is 25.7. The lowest BCUT2D eigenvalue weighted by atomic mass is 9.78. The summed E-state index contributed by atoms with van der Waals surface area (Å²) < 4.78 is 0. The molecule has 2 heteroatoms. The molecule has 0 unspecified atom stereocenters. The second kappa shape index (κ2) is 7.50. The number of hydrogen-bond acceptors (Lipinski definition) is 0. The minimum absolute atomic E-state index is 0.0606. The van der Waals surface area contributed by atoms with Gasteiger partial charge in [-0.1, -0.05) is 74.5 Å². The van der Waals surface area contributed by atoms with Crippen molar-refractivity contribution in [1.29, 1.82) is 0 Å². The third-order valence-electron chi connectivity index (χ3n) is 3.81. The summed E-state index contributed by atoms with van der Waals surface area (Å²) in [5, 5.41) is 21.4. The fourth-order valence-electron chi connectivity index (χ4n) is 2.31. The molecule has 3 aromatic carbocycles. The van der Waals surface area contributed by atoms with Gasteiger partial charge in [0.25, 0.3) is 0 Å². The van der Waals surface area contributed by atoms with E-state index in [1.54, 1.807) is 24.3 Å². The fraction of sp³-hybridized carbons (Fsp3) is 0.143. The second-order valence-corrected chi connectivity index (χ2v) is 5.83. The molecule has 2 nitrogen and oxygen atoms in total. The lowest BCUT2D eigenvalue weighted by Crippen LogP contribution is -2.18. The topological polar surface area (TPSA) is 39.8 Å². The highest BCUT2D eigenvalue weighted by molar-refractivity contribution is 5.39. The van der Waals surface area contributed by atoms with E-state index in [1.165, 1.54) is 23.3 Å². The van der Waals surface area contributed by atoms with E-state index in [9.17, 15) is 10.2 Å². The van der Waals surface area contributed by atoms with Gasteiger partial charge < -0.3 is 0 Å². The Labute approximate surface area is 137 Å². The van der Waals surface area contributed by atoms with Crippen molar-refractivity contribution in [3.8, 4) is 11.5 Å². The highest BCUT2D eigenvalue weighted by Crippen LogP contribution is 2.31. The zero-order valence-electron chi connectivity index (χ0n) is 13.4. The summed E-state index contributed by atoms with van der Waals surface area (Å²) in [5.41, 5.74) is 2.36. The molecule has 3 aromatic rings. The van der Waals surface area contributed by atoms with Crippen LogP contribution in [0.3, 0.4) is 0 Å². The lowest BCUT2D eigenvalue weighted by molar-refractivity contribution is 0.354. The summed E-state index contributed by atoms with van der Waals surface area (Å²) >= 11 is 0. The molecule has 2 radical (unpaired) electrons. The average molecular weight is 304 g/mol. The third kappa shape index (κ3) is 4.62. The molecule has 0 aliphatic rings. The normalized spacial score (nSPS) is 10.5. The standard InChI is InChI=1S/C15H15O.C6H5O/c1-15(2,12-6-4-3-5-7-12)13-8-10-14(16)11-9-13;7-6-4-2-1-3-5-6/h3-11H,1-2H3;1-5H. The largest absolute Gasteiger partial charge is 0.290 e. The molecular formula is C21H20O2. The van der Waals surface area contributed by atoms with Crippen molar-refractivity contribution >= 4 is 0 Å². The van der Waals surface area contributed by atoms with Crippen LogP contribution >= 0.6 is 0 Å². The van der Waals surface area contributed by atoms with Crippen LogP contribution in [0, 0.1) is 0 Å². The van der Waals surface area contributed by atoms with Gasteiger partial charge in [0, 0.05) is 5.41 Å². The van der Waals surface area contributed by atoms with E-state index in [2.05, 4.69) is 26.0 Å². The molecular weight excluding hydrogens is 284 g/mol. The van der Waals surface area contributed by atoms with E-state index in [4.69, 9.17) is 0 Å². The molecule has 0 atom stereocenters. The molecule has 0 aliphatic heterocycles. The van der Waals surface area contributed by atoms with Crippen LogP contribution in [0.15, 0.2) is 84.9 Å². The SMILES string of the molecule is CC(C)(c1ccccc1)c1ccc([O])cc1.[O]c1ccccc1. The van der Waals surface area contributed by atoms with E-state index in [0.29, 0.717) is 0 Å². The summed E-state index contributed by atoms with van der Waals surface area (Å²) in [4.78, 5) is 0. The van der Waals surface area contributed by atoms with E-state index in [-0.39, 0.29) is 16.9 Å². The smallest absolute Gasteiger partial charge is 0.178 e. The van der Waals surface area contributed by atoms with Crippen LogP contribution in [0.1, 0.15) is 25.0 Å². The predicted octanol–water partition coefficient (Wildman–Crippen LogP) is 5.99. The maximum atomic E-state index is 11.1. The first-order valence-electron chi connectivity index (χ1n) is 7.55. The lowest BCUT2D eigenvalue weighted by Gasteiger charge is -2.25. The first-order chi connectivity index (χ1) is 11.0. The van der Waals surface area contributed by atoms with Gasteiger partial charge in [-0.25, -0.2) is 0 Å². The van der Waals surface area contributed by atoms with Crippen LogP contribution in [0.25, 0.3) is 0 Å². The van der Waals surface area contributed by atoms with Crippen LogP contribution in [-0.4, -0.2) is 0 Å². The van der Waals surface area contributed by atoms with Crippen LogP contribution in [-0.2, 0) is 15.6 Å². The van der Waals surface area contributed by atoms with Crippen molar-refractivity contribution in [3.63, 3.8) is 0 Å². The predicted molar refractivity (Wildman–Crippen MR) is 91.7 cm³/mol. The van der Waals surface area contributed by atoms with Gasteiger partial charge in [-0.3, -0.25) is 10.2 Å². The van der Waals surface area contributed by atoms with Gasteiger partial charge >= 0.3 is 0 Å². The van der Waals surface area contributed by atoms with Crippen LogP contribution in [0.4, 0.5) is 0 Å². The van der Waals surface area contributed by atoms with E-state index in [1.807, 2.05) is 36.4 Å². The Balaban J connectivity index is 0.000000229. The van der Waals surface area contributed by atoms with Gasteiger partial charge in [-0.05, 0) is 35.4 Å². The summed E-state index contributed by atoms with van der Waals surface area (Å²) in [6.07, 6.45) is 0. The van der Waals surface area contributed by atoms with Crippen molar-refractivity contribution < 1.29 is 10.2 Å². The van der Waals surface area contributed by atoms with Crippen molar-refractivity contribution in [3.05, 3.63) is 96.1 Å². The van der Waals surface area contributed by atoms with Crippen molar-refractivity contribution in [2.75, 3.05) is 0 Å². The molecule has 0 fully saturated rings. The Hall–Kier alpha value is -2.74. The van der Waals surface area contributed by atoms with E-state index < -0.39 is 0 Å². The van der Waals surface area contributed by atoms with Gasteiger partial charge in [0.1, 0.15) is 0 Å². The van der Waals surface area contributed by atoms with Crippen LogP contribution in [0.2, 0.25) is 0 Å². The van der Waals surface area contributed by atoms with Gasteiger partial charge in [0.15, 0.2) is 11.5 Å². The molecule has 0 saturated carbocycles. The number of hydrogen-bond donors (Lipinski definition) is 0. The molecule has 0 N–H and O–H groups in total. The van der Waals surface area contributed by atoms with Gasteiger partial charge in [-0.15, -0.1) is 0 Å². The number of para-hydroxylation sites is 1. The average Bonchev–Trinajstić information content (AvgIpc) is 2.57. The first-order valence-corrected chi connectivity index (χ1v) is 7.55. The van der Waals surface area contributed by atoms with Gasteiger partial charge in [0.2, 0.25) is 0 Å². The Morgan fingerprint density at radius 2 is 0.913 bits per heavy atom. The molecule has 0 spiro atoms. The Bertz CT molecular complexity index is 702. The van der Waals surface area contributed by atoms with E-state index in [0.717, 1.165) is 0 Å². The van der Waals surface area contributed by atoms with Crippen molar-refractivity contribution in [1.82, 2.24) is 0 Å². The fourth-order valence-corrected chi connectivity index (χ4v) is 2.31. The zero-order valence-corrected chi connectivity index (χ0v) is 13.4. The Morgan fingerprint density at radius 3 is 1.35 bits per heavy atom. The minimum atomic E-state index is -0.0606. The molecule has 0 amide bonds. The molecule has 0 heterocycles. The molecule has 0 saturated heterocycles. The Kier molecular flexibility index (Phi) is 5.42. The maximum Gasteiger partial charge on any atom is 0.178 e. The summed E-state index contributed by atoms with van der Waals surface area (Å²) in [6.45, 7) is 4.34. The first kappa shape index (κ1) is 16.6. The van der Waals surface area contributed by atoms with Crippen LogP contribution < -0.4 is 0 Å². The van der Waals surface area contributed by atoms with E-state index >= 15 is 0 Å². The molecule has 0 bridgehead atoms. The third-order valence-corrected chi connectivity index (χ3v) is 3.81. The quantitative estimate of drug-likeness (QED) is 0.558. The van der Waals surface area contributed by atoms with Gasteiger partial charge in [0.05, 0.1) is 0 Å². The maximum absolute atomic E-state index is 11.1. The number of benzene rings is 3. The summed E-state index contributed by atoms with van der Waals surface area (Å²) in [5.74, 6) is 0.134. The van der Waals surface area contributed by atoms with Gasteiger partial charge in [-0.2, -0.15) is 0 Å².